The second-order valence-electron chi connectivity index (χ2n) is 4.56. The molecular formula is C16H18ClNO2. The van der Waals surface area contributed by atoms with Gasteiger partial charge in [-0.3, -0.25) is 0 Å². The van der Waals surface area contributed by atoms with Gasteiger partial charge in [0.2, 0.25) is 0 Å². The summed E-state index contributed by atoms with van der Waals surface area (Å²) in [7, 11) is 1.98. The summed E-state index contributed by atoms with van der Waals surface area (Å²) in [6.07, 6.45) is 0. The molecule has 0 saturated heterocycles. The van der Waals surface area contributed by atoms with E-state index in [4.69, 9.17) is 16.3 Å². The van der Waals surface area contributed by atoms with E-state index in [0.717, 1.165) is 17.0 Å². The Bertz CT molecular complexity index is 569. The van der Waals surface area contributed by atoms with Gasteiger partial charge in [-0.15, -0.1) is 0 Å². The SMILES string of the molecule is CCOc1ccc(N(C)Cc2cc(O)ccc2Cl)cc1. The number of hydrogen-bond donors (Lipinski definition) is 1. The number of hydrogen-bond acceptors (Lipinski definition) is 3. The Balaban J connectivity index is 2.11. The van der Waals surface area contributed by atoms with Crippen LogP contribution in [0.5, 0.6) is 11.5 Å². The molecule has 0 heterocycles. The number of phenolic OH excluding ortho intramolecular Hbond substituents is 1. The maximum atomic E-state index is 9.52. The summed E-state index contributed by atoms with van der Waals surface area (Å²) < 4.78 is 5.42. The highest BCUT2D eigenvalue weighted by atomic mass is 35.5. The highest BCUT2D eigenvalue weighted by Gasteiger charge is 2.07. The number of anilines is 1. The third-order valence-electron chi connectivity index (χ3n) is 3.03. The molecule has 0 radical (unpaired) electrons. The molecule has 0 aliphatic rings. The molecule has 0 atom stereocenters. The van der Waals surface area contributed by atoms with Crippen LogP contribution >= 0.6 is 11.6 Å². The molecule has 1 N–H and O–H groups in total. The zero-order valence-electron chi connectivity index (χ0n) is 11.6. The predicted octanol–water partition coefficient (Wildman–Crippen LogP) is 4.08. The van der Waals surface area contributed by atoms with E-state index in [9.17, 15) is 5.11 Å². The van der Waals surface area contributed by atoms with E-state index in [2.05, 4.69) is 4.90 Å². The summed E-state index contributed by atoms with van der Waals surface area (Å²) in [5.74, 6) is 1.09. The van der Waals surface area contributed by atoms with Gasteiger partial charge in [0.15, 0.2) is 0 Å². The van der Waals surface area contributed by atoms with Crippen LogP contribution in [0.4, 0.5) is 5.69 Å². The summed E-state index contributed by atoms with van der Waals surface area (Å²) in [6.45, 7) is 3.25. The van der Waals surface area contributed by atoms with Gasteiger partial charge in [0.1, 0.15) is 11.5 Å². The van der Waals surface area contributed by atoms with Gasteiger partial charge in [0.25, 0.3) is 0 Å². The largest absolute Gasteiger partial charge is 0.508 e. The van der Waals surface area contributed by atoms with Crippen molar-refractivity contribution in [1.82, 2.24) is 0 Å². The lowest BCUT2D eigenvalue weighted by Crippen LogP contribution is -2.16. The molecule has 0 unspecified atom stereocenters. The monoisotopic (exact) mass is 291 g/mol. The molecular weight excluding hydrogens is 274 g/mol. The molecule has 0 fully saturated rings. The third-order valence-corrected chi connectivity index (χ3v) is 3.39. The molecule has 20 heavy (non-hydrogen) atoms. The van der Waals surface area contributed by atoms with Crippen molar-refractivity contribution in [2.45, 2.75) is 13.5 Å². The molecule has 2 aromatic rings. The molecule has 3 nitrogen and oxygen atoms in total. The molecule has 0 bridgehead atoms. The Kier molecular flexibility index (Phi) is 4.74. The van der Waals surface area contributed by atoms with E-state index < -0.39 is 0 Å². The van der Waals surface area contributed by atoms with E-state index in [1.807, 2.05) is 38.2 Å². The van der Waals surface area contributed by atoms with Crippen molar-refractivity contribution in [3.05, 3.63) is 53.1 Å². The van der Waals surface area contributed by atoms with Crippen molar-refractivity contribution >= 4 is 17.3 Å². The fourth-order valence-corrected chi connectivity index (χ4v) is 2.17. The van der Waals surface area contributed by atoms with Gasteiger partial charge in [0, 0.05) is 24.3 Å². The lowest BCUT2D eigenvalue weighted by Gasteiger charge is -2.20. The fraction of sp³-hybridized carbons (Fsp3) is 0.250. The van der Waals surface area contributed by atoms with Crippen molar-refractivity contribution in [1.29, 1.82) is 0 Å². The number of halogens is 1. The van der Waals surface area contributed by atoms with E-state index >= 15 is 0 Å². The molecule has 0 spiro atoms. The average Bonchev–Trinajstić information content (AvgIpc) is 2.44. The number of nitrogens with zero attached hydrogens (tertiary/aromatic N) is 1. The molecule has 0 aliphatic carbocycles. The van der Waals surface area contributed by atoms with Crippen LogP contribution < -0.4 is 9.64 Å². The topological polar surface area (TPSA) is 32.7 Å². The minimum absolute atomic E-state index is 0.226. The number of ether oxygens (including phenoxy) is 1. The molecule has 0 aromatic heterocycles. The number of rotatable bonds is 5. The normalized spacial score (nSPS) is 10.3. The van der Waals surface area contributed by atoms with Gasteiger partial charge in [0.05, 0.1) is 6.61 Å². The molecule has 4 heteroatoms. The highest BCUT2D eigenvalue weighted by Crippen LogP contribution is 2.25. The Morgan fingerprint density at radius 2 is 1.85 bits per heavy atom. The Labute approximate surface area is 124 Å². The zero-order valence-corrected chi connectivity index (χ0v) is 12.4. The van der Waals surface area contributed by atoms with Crippen LogP contribution in [-0.2, 0) is 6.54 Å². The summed E-state index contributed by atoms with van der Waals surface area (Å²) >= 11 is 6.14. The lowest BCUT2D eigenvalue weighted by molar-refractivity contribution is 0.340. The molecule has 0 saturated carbocycles. The maximum absolute atomic E-state index is 9.52. The van der Waals surface area contributed by atoms with Gasteiger partial charge in [-0.2, -0.15) is 0 Å². The quantitative estimate of drug-likeness (QED) is 0.901. The van der Waals surface area contributed by atoms with E-state index in [1.165, 1.54) is 0 Å². The first-order valence-electron chi connectivity index (χ1n) is 6.51. The maximum Gasteiger partial charge on any atom is 0.119 e. The van der Waals surface area contributed by atoms with Gasteiger partial charge in [-0.05, 0) is 55.0 Å². The highest BCUT2D eigenvalue weighted by molar-refractivity contribution is 6.31. The lowest BCUT2D eigenvalue weighted by atomic mass is 10.2. The van der Waals surface area contributed by atoms with Crippen molar-refractivity contribution in [3.8, 4) is 11.5 Å². The summed E-state index contributed by atoms with van der Waals surface area (Å²) in [4.78, 5) is 2.07. The zero-order chi connectivity index (χ0) is 14.5. The third kappa shape index (κ3) is 3.58. The first-order valence-corrected chi connectivity index (χ1v) is 6.89. The smallest absolute Gasteiger partial charge is 0.119 e. The van der Waals surface area contributed by atoms with Crippen LogP contribution in [0.2, 0.25) is 5.02 Å². The predicted molar refractivity (Wildman–Crippen MR) is 82.8 cm³/mol. The van der Waals surface area contributed by atoms with Crippen LogP contribution in [-0.4, -0.2) is 18.8 Å². The summed E-state index contributed by atoms with van der Waals surface area (Å²) in [6, 6.07) is 12.9. The number of benzene rings is 2. The van der Waals surface area contributed by atoms with Gasteiger partial charge in [-0.1, -0.05) is 11.6 Å². The van der Waals surface area contributed by atoms with Gasteiger partial charge >= 0.3 is 0 Å². The Morgan fingerprint density at radius 1 is 1.15 bits per heavy atom. The molecule has 2 rings (SSSR count). The Morgan fingerprint density at radius 3 is 2.50 bits per heavy atom. The van der Waals surface area contributed by atoms with E-state index in [-0.39, 0.29) is 5.75 Å². The average molecular weight is 292 g/mol. The van der Waals surface area contributed by atoms with Crippen molar-refractivity contribution in [2.75, 3.05) is 18.6 Å². The fourth-order valence-electron chi connectivity index (χ4n) is 1.99. The van der Waals surface area contributed by atoms with E-state index in [0.29, 0.717) is 18.2 Å². The van der Waals surface area contributed by atoms with E-state index in [1.54, 1.807) is 18.2 Å². The van der Waals surface area contributed by atoms with Gasteiger partial charge < -0.3 is 14.7 Å². The molecule has 0 amide bonds. The standard InChI is InChI=1S/C16H18ClNO2/c1-3-20-15-7-4-13(5-8-15)18(2)11-12-10-14(19)6-9-16(12)17/h4-10,19H,3,11H2,1-2H3. The first-order chi connectivity index (χ1) is 9.60. The van der Waals surface area contributed by atoms with Crippen molar-refractivity contribution in [3.63, 3.8) is 0 Å². The molecule has 2 aromatic carbocycles. The number of aromatic hydroxyl groups is 1. The summed E-state index contributed by atoms with van der Waals surface area (Å²) in [5, 5.41) is 10.2. The summed E-state index contributed by atoms with van der Waals surface area (Å²) in [5.41, 5.74) is 1.95. The van der Waals surface area contributed by atoms with Crippen molar-refractivity contribution in [2.24, 2.45) is 0 Å². The minimum atomic E-state index is 0.226. The van der Waals surface area contributed by atoms with Crippen LogP contribution in [0.15, 0.2) is 42.5 Å². The Hall–Kier alpha value is -1.87. The van der Waals surface area contributed by atoms with Crippen LogP contribution in [0.25, 0.3) is 0 Å². The molecule has 106 valence electrons. The number of phenols is 1. The second-order valence-corrected chi connectivity index (χ2v) is 4.97. The second kappa shape index (κ2) is 6.53. The van der Waals surface area contributed by atoms with Crippen LogP contribution in [0.1, 0.15) is 12.5 Å². The first kappa shape index (κ1) is 14.5. The van der Waals surface area contributed by atoms with Crippen LogP contribution in [0, 0.1) is 0 Å². The molecule has 0 aliphatic heterocycles. The van der Waals surface area contributed by atoms with Crippen LogP contribution in [0.3, 0.4) is 0 Å². The van der Waals surface area contributed by atoms with Crippen molar-refractivity contribution < 1.29 is 9.84 Å². The van der Waals surface area contributed by atoms with Gasteiger partial charge in [-0.25, -0.2) is 0 Å². The minimum Gasteiger partial charge on any atom is -0.508 e.